The number of sulfone groups is 1. The maximum absolute atomic E-state index is 12.5. The van der Waals surface area contributed by atoms with Crippen LogP contribution in [0.15, 0.2) is 53.4 Å². The first-order valence-corrected chi connectivity index (χ1v) is 8.75. The molecule has 0 aliphatic heterocycles. The van der Waals surface area contributed by atoms with E-state index in [2.05, 4.69) is 0 Å². The number of allylic oxidation sites excluding steroid dienone is 1. The molecular formula is C18H17NO4S. The van der Waals surface area contributed by atoms with Gasteiger partial charge in [0.1, 0.15) is 22.5 Å². The Balaban J connectivity index is 2.40. The Morgan fingerprint density at radius 1 is 1.08 bits per heavy atom. The van der Waals surface area contributed by atoms with Crippen molar-refractivity contribution in [3.63, 3.8) is 0 Å². The lowest BCUT2D eigenvalue weighted by Gasteiger charge is -2.07. The third-order valence-corrected chi connectivity index (χ3v) is 4.91. The molecule has 0 atom stereocenters. The van der Waals surface area contributed by atoms with Crippen molar-refractivity contribution in [3.8, 4) is 17.6 Å². The molecule has 0 radical (unpaired) electrons. The molecule has 6 heteroatoms. The highest BCUT2D eigenvalue weighted by molar-refractivity contribution is 7.95. The van der Waals surface area contributed by atoms with Gasteiger partial charge in [0.05, 0.1) is 20.0 Å². The summed E-state index contributed by atoms with van der Waals surface area (Å²) in [6, 6.07) is 15.5. The molecule has 24 heavy (non-hydrogen) atoms. The highest BCUT2D eigenvalue weighted by Crippen LogP contribution is 2.25. The van der Waals surface area contributed by atoms with Crippen LogP contribution in [0.25, 0.3) is 6.08 Å². The van der Waals surface area contributed by atoms with Crippen LogP contribution < -0.4 is 9.47 Å². The third-order valence-electron chi connectivity index (χ3n) is 3.32. The van der Waals surface area contributed by atoms with Crippen LogP contribution in [0.2, 0.25) is 0 Å². The topological polar surface area (TPSA) is 76.4 Å². The van der Waals surface area contributed by atoms with Crippen molar-refractivity contribution in [2.24, 2.45) is 0 Å². The molecule has 0 N–H and O–H groups in total. The van der Waals surface area contributed by atoms with Crippen molar-refractivity contribution >= 4 is 15.9 Å². The Hall–Kier alpha value is -2.78. The standard InChI is InChI=1S/C18H17NO4S/c1-22-16-8-15(9-17(11-16)23-2)10-18(12-19)24(20,21)13-14-6-4-3-5-7-14/h3-11H,13H2,1-2H3. The molecule has 0 spiro atoms. The van der Waals surface area contributed by atoms with E-state index in [0.29, 0.717) is 22.6 Å². The van der Waals surface area contributed by atoms with E-state index in [9.17, 15) is 13.7 Å². The maximum Gasteiger partial charge on any atom is 0.192 e. The first-order chi connectivity index (χ1) is 11.5. The molecule has 0 saturated heterocycles. The second-order valence-corrected chi connectivity index (χ2v) is 6.97. The molecule has 0 aliphatic rings. The van der Waals surface area contributed by atoms with Crippen molar-refractivity contribution in [1.82, 2.24) is 0 Å². The normalized spacial score (nSPS) is 11.6. The van der Waals surface area contributed by atoms with Crippen LogP contribution in [-0.2, 0) is 15.6 Å². The number of hydrogen-bond donors (Lipinski definition) is 0. The minimum atomic E-state index is -3.74. The van der Waals surface area contributed by atoms with E-state index in [4.69, 9.17) is 9.47 Å². The molecule has 0 bridgehead atoms. The van der Waals surface area contributed by atoms with Gasteiger partial charge in [-0.05, 0) is 29.3 Å². The van der Waals surface area contributed by atoms with Gasteiger partial charge in [-0.3, -0.25) is 0 Å². The zero-order valence-corrected chi connectivity index (χ0v) is 14.2. The van der Waals surface area contributed by atoms with Gasteiger partial charge in [-0.2, -0.15) is 5.26 Å². The van der Waals surface area contributed by atoms with Crippen LogP contribution in [0.5, 0.6) is 11.5 Å². The quantitative estimate of drug-likeness (QED) is 0.753. The van der Waals surface area contributed by atoms with Gasteiger partial charge in [0.2, 0.25) is 0 Å². The number of nitrogens with zero attached hydrogens (tertiary/aromatic N) is 1. The van der Waals surface area contributed by atoms with Gasteiger partial charge in [0, 0.05) is 6.07 Å². The Kier molecular flexibility index (Phi) is 5.61. The molecule has 0 aromatic heterocycles. The average Bonchev–Trinajstić information content (AvgIpc) is 2.59. The van der Waals surface area contributed by atoms with Gasteiger partial charge >= 0.3 is 0 Å². The molecule has 5 nitrogen and oxygen atoms in total. The van der Waals surface area contributed by atoms with Gasteiger partial charge in [-0.15, -0.1) is 0 Å². The van der Waals surface area contributed by atoms with E-state index in [1.807, 2.05) is 0 Å². The van der Waals surface area contributed by atoms with Crippen molar-refractivity contribution in [2.75, 3.05) is 14.2 Å². The Labute approximate surface area is 141 Å². The zero-order valence-electron chi connectivity index (χ0n) is 13.4. The molecule has 0 amide bonds. The number of hydrogen-bond acceptors (Lipinski definition) is 5. The number of methoxy groups -OCH3 is 2. The summed E-state index contributed by atoms with van der Waals surface area (Å²) in [7, 11) is -0.745. The van der Waals surface area contributed by atoms with E-state index in [0.717, 1.165) is 0 Å². The smallest absolute Gasteiger partial charge is 0.192 e. The van der Waals surface area contributed by atoms with E-state index < -0.39 is 9.84 Å². The third kappa shape index (κ3) is 4.37. The highest BCUT2D eigenvalue weighted by atomic mass is 32.2. The molecule has 2 aromatic carbocycles. The molecule has 0 heterocycles. The molecular weight excluding hydrogens is 326 g/mol. The summed E-state index contributed by atoms with van der Waals surface area (Å²) >= 11 is 0. The number of rotatable bonds is 6. The largest absolute Gasteiger partial charge is 0.497 e. The molecule has 2 rings (SSSR count). The van der Waals surface area contributed by atoms with Crippen LogP contribution in [0, 0.1) is 11.3 Å². The predicted molar refractivity (Wildman–Crippen MR) is 92.2 cm³/mol. The summed E-state index contributed by atoms with van der Waals surface area (Å²) in [6.07, 6.45) is 1.32. The molecule has 0 unspecified atom stereocenters. The highest BCUT2D eigenvalue weighted by Gasteiger charge is 2.19. The summed E-state index contributed by atoms with van der Waals surface area (Å²) in [5.41, 5.74) is 1.14. The summed E-state index contributed by atoms with van der Waals surface area (Å²) < 4.78 is 35.3. The molecule has 124 valence electrons. The molecule has 0 saturated carbocycles. The minimum absolute atomic E-state index is 0.228. The number of nitriles is 1. The first-order valence-electron chi connectivity index (χ1n) is 7.10. The average molecular weight is 343 g/mol. The monoisotopic (exact) mass is 343 g/mol. The Bertz CT molecular complexity index is 859. The summed E-state index contributed by atoms with van der Waals surface area (Å²) in [6.45, 7) is 0. The first kappa shape index (κ1) is 17.6. The van der Waals surface area contributed by atoms with Gasteiger partial charge in [-0.1, -0.05) is 30.3 Å². The second-order valence-electron chi connectivity index (χ2n) is 5.01. The lowest BCUT2D eigenvalue weighted by Crippen LogP contribution is -2.06. The Morgan fingerprint density at radius 2 is 1.67 bits per heavy atom. The van der Waals surface area contributed by atoms with E-state index in [1.54, 1.807) is 54.6 Å². The number of benzene rings is 2. The van der Waals surface area contributed by atoms with Gasteiger partial charge in [0.15, 0.2) is 9.84 Å². The fourth-order valence-corrected chi connectivity index (χ4v) is 3.37. The summed E-state index contributed by atoms with van der Waals surface area (Å²) in [4.78, 5) is -0.304. The van der Waals surface area contributed by atoms with Gasteiger partial charge in [0.25, 0.3) is 0 Å². The van der Waals surface area contributed by atoms with Crippen molar-refractivity contribution in [3.05, 3.63) is 64.6 Å². The zero-order chi connectivity index (χ0) is 17.6. The van der Waals surface area contributed by atoms with Crippen molar-refractivity contribution < 1.29 is 17.9 Å². The Morgan fingerprint density at radius 3 is 2.17 bits per heavy atom. The number of ether oxygens (including phenoxy) is 2. The van der Waals surface area contributed by atoms with E-state index in [-0.39, 0.29) is 10.7 Å². The molecule has 2 aromatic rings. The lowest BCUT2D eigenvalue weighted by atomic mass is 10.2. The second kappa shape index (κ2) is 7.66. The molecule has 0 aliphatic carbocycles. The SMILES string of the molecule is COc1cc(C=C(C#N)S(=O)(=O)Cc2ccccc2)cc(OC)c1. The van der Waals surface area contributed by atoms with Crippen molar-refractivity contribution in [1.29, 1.82) is 5.26 Å². The maximum atomic E-state index is 12.5. The van der Waals surface area contributed by atoms with Crippen molar-refractivity contribution in [2.45, 2.75) is 5.75 Å². The molecule has 0 fully saturated rings. The van der Waals surface area contributed by atoms with E-state index in [1.165, 1.54) is 20.3 Å². The predicted octanol–water partition coefficient (Wildman–Crippen LogP) is 3.18. The van der Waals surface area contributed by atoms with E-state index >= 15 is 0 Å². The van der Waals surface area contributed by atoms with Crippen LogP contribution >= 0.6 is 0 Å². The fraction of sp³-hybridized carbons (Fsp3) is 0.167. The summed E-state index contributed by atoms with van der Waals surface area (Å²) in [5, 5.41) is 9.29. The van der Waals surface area contributed by atoms with Gasteiger partial charge < -0.3 is 9.47 Å². The minimum Gasteiger partial charge on any atom is -0.497 e. The van der Waals surface area contributed by atoms with Crippen LogP contribution in [-0.4, -0.2) is 22.6 Å². The fourth-order valence-electron chi connectivity index (χ4n) is 2.13. The van der Waals surface area contributed by atoms with Crippen LogP contribution in [0.3, 0.4) is 0 Å². The van der Waals surface area contributed by atoms with Crippen LogP contribution in [0.4, 0.5) is 0 Å². The van der Waals surface area contributed by atoms with Crippen LogP contribution in [0.1, 0.15) is 11.1 Å². The summed E-state index contributed by atoms with van der Waals surface area (Å²) in [5.74, 6) is 0.797. The lowest BCUT2D eigenvalue weighted by molar-refractivity contribution is 0.394. The van der Waals surface area contributed by atoms with Gasteiger partial charge in [-0.25, -0.2) is 8.42 Å².